The fourth-order valence-corrected chi connectivity index (χ4v) is 2.97. The van der Waals surface area contributed by atoms with Crippen LogP contribution in [-0.4, -0.2) is 6.61 Å². The summed E-state index contributed by atoms with van der Waals surface area (Å²) in [6.07, 6.45) is 8.36. The number of ether oxygens (including phenoxy) is 1. The maximum Gasteiger partial charge on any atom is 0.344 e. The number of fused-ring (bicyclic) bond motifs is 3. The number of hydrogen-bond acceptors (Lipinski definition) is 4. The third-order valence-electron chi connectivity index (χ3n) is 4.23. The van der Waals surface area contributed by atoms with Gasteiger partial charge in [0.1, 0.15) is 17.9 Å². The molecule has 0 saturated carbocycles. The van der Waals surface area contributed by atoms with Crippen molar-refractivity contribution in [1.82, 2.24) is 0 Å². The Bertz CT molecular complexity index is 1040. The summed E-state index contributed by atoms with van der Waals surface area (Å²) in [5.41, 5.74) is 7.70. The molecule has 1 heterocycles. The molecular weight excluding hydrogens is 302 g/mol. The maximum atomic E-state index is 12.2. The Morgan fingerprint density at radius 2 is 1.96 bits per heavy atom. The number of rotatable bonds is 3. The van der Waals surface area contributed by atoms with Crippen LogP contribution in [0, 0.1) is 0 Å². The lowest BCUT2D eigenvalue weighted by Crippen LogP contribution is -2.03. The van der Waals surface area contributed by atoms with Crippen molar-refractivity contribution in [1.29, 1.82) is 0 Å². The van der Waals surface area contributed by atoms with E-state index >= 15 is 0 Å². The van der Waals surface area contributed by atoms with E-state index in [9.17, 15) is 4.79 Å². The summed E-state index contributed by atoms with van der Waals surface area (Å²) in [7, 11) is 0. The first-order valence-corrected chi connectivity index (χ1v) is 7.94. The molecule has 120 valence electrons. The lowest BCUT2D eigenvalue weighted by atomic mass is 10.1. The van der Waals surface area contributed by atoms with Crippen LogP contribution >= 0.6 is 0 Å². The van der Waals surface area contributed by atoms with E-state index in [4.69, 9.17) is 14.9 Å². The van der Waals surface area contributed by atoms with E-state index in [-0.39, 0.29) is 5.63 Å². The van der Waals surface area contributed by atoms with Gasteiger partial charge in [0.2, 0.25) is 0 Å². The van der Waals surface area contributed by atoms with Crippen LogP contribution in [0.2, 0.25) is 0 Å². The predicted octanol–water partition coefficient (Wildman–Crippen LogP) is 4.18. The number of anilines is 1. The normalized spacial score (nSPS) is 14.1. The van der Waals surface area contributed by atoms with Gasteiger partial charge in [0, 0.05) is 22.5 Å². The van der Waals surface area contributed by atoms with Gasteiger partial charge in [-0.1, -0.05) is 24.3 Å². The molecule has 0 unspecified atom stereocenters. The third-order valence-corrected chi connectivity index (χ3v) is 4.23. The van der Waals surface area contributed by atoms with E-state index in [1.54, 1.807) is 18.2 Å². The van der Waals surface area contributed by atoms with Crippen LogP contribution in [-0.2, 0) is 0 Å². The molecule has 4 nitrogen and oxygen atoms in total. The summed E-state index contributed by atoms with van der Waals surface area (Å²) < 4.78 is 11.3. The Balaban J connectivity index is 1.71. The van der Waals surface area contributed by atoms with Gasteiger partial charge in [-0.05, 0) is 42.7 Å². The molecule has 0 atom stereocenters. The first-order valence-electron chi connectivity index (χ1n) is 7.94. The molecule has 4 rings (SSSR count). The summed E-state index contributed by atoms with van der Waals surface area (Å²) in [6, 6.07) is 10.9. The minimum Gasteiger partial charge on any atom is -0.489 e. The van der Waals surface area contributed by atoms with Crippen LogP contribution in [0.4, 0.5) is 5.69 Å². The molecule has 2 N–H and O–H groups in total. The van der Waals surface area contributed by atoms with E-state index in [0.717, 1.165) is 23.6 Å². The standard InChI is InChI=1S/C20H17NO3/c21-14-6-8-16-17-9-7-15(23-12-13-4-2-1-3-5-13)11-19(17)24-20(22)18(16)10-14/h1-2,4,6-11H,3,5,12,21H2. The number of nitrogen functional groups attached to an aromatic ring is 1. The molecule has 0 bridgehead atoms. The van der Waals surface area contributed by atoms with Crippen LogP contribution in [0.3, 0.4) is 0 Å². The van der Waals surface area contributed by atoms with E-state index < -0.39 is 0 Å². The summed E-state index contributed by atoms with van der Waals surface area (Å²) >= 11 is 0. The van der Waals surface area contributed by atoms with Gasteiger partial charge < -0.3 is 14.9 Å². The van der Waals surface area contributed by atoms with Gasteiger partial charge in [0.05, 0.1) is 5.39 Å². The van der Waals surface area contributed by atoms with Gasteiger partial charge in [-0.2, -0.15) is 0 Å². The molecule has 0 spiro atoms. The summed E-state index contributed by atoms with van der Waals surface area (Å²) in [5.74, 6) is 0.691. The van der Waals surface area contributed by atoms with Gasteiger partial charge in [-0.3, -0.25) is 0 Å². The fraction of sp³-hybridized carbons (Fsp3) is 0.150. The average Bonchev–Trinajstić information content (AvgIpc) is 2.61. The van der Waals surface area contributed by atoms with Crippen LogP contribution in [0.5, 0.6) is 5.75 Å². The van der Waals surface area contributed by atoms with E-state index in [1.807, 2.05) is 18.2 Å². The van der Waals surface area contributed by atoms with Gasteiger partial charge in [0.15, 0.2) is 0 Å². The van der Waals surface area contributed by atoms with Crippen molar-refractivity contribution < 1.29 is 9.15 Å². The molecule has 1 aliphatic carbocycles. The van der Waals surface area contributed by atoms with E-state index in [2.05, 4.69) is 18.2 Å². The number of hydrogen-bond donors (Lipinski definition) is 1. The largest absolute Gasteiger partial charge is 0.489 e. The first-order chi connectivity index (χ1) is 11.7. The highest BCUT2D eigenvalue weighted by Crippen LogP contribution is 2.27. The number of allylic oxidation sites excluding steroid dienone is 3. The maximum absolute atomic E-state index is 12.2. The Morgan fingerprint density at radius 3 is 2.79 bits per heavy atom. The lowest BCUT2D eigenvalue weighted by Gasteiger charge is -2.11. The fourth-order valence-electron chi connectivity index (χ4n) is 2.97. The molecule has 1 aliphatic rings. The first kappa shape index (κ1) is 14.6. The zero-order chi connectivity index (χ0) is 16.5. The smallest absolute Gasteiger partial charge is 0.344 e. The minimum absolute atomic E-state index is 0.387. The third kappa shape index (κ3) is 2.67. The van der Waals surface area contributed by atoms with Gasteiger partial charge >= 0.3 is 5.63 Å². The van der Waals surface area contributed by atoms with Crippen LogP contribution in [0.1, 0.15) is 12.8 Å². The number of nitrogens with two attached hydrogens (primary N) is 1. The SMILES string of the molecule is Nc1ccc2c(c1)c(=O)oc1cc(OCC3=CC=CCC3)ccc12. The van der Waals surface area contributed by atoms with E-state index in [0.29, 0.717) is 29.0 Å². The van der Waals surface area contributed by atoms with Crippen LogP contribution in [0.25, 0.3) is 21.7 Å². The number of benzene rings is 2. The predicted molar refractivity (Wildman–Crippen MR) is 96.4 cm³/mol. The monoisotopic (exact) mass is 319 g/mol. The van der Waals surface area contributed by atoms with Crippen molar-refractivity contribution >= 4 is 27.4 Å². The van der Waals surface area contributed by atoms with Crippen LogP contribution in [0.15, 0.2) is 69.4 Å². The Hall–Kier alpha value is -3.01. The quantitative estimate of drug-likeness (QED) is 0.447. The second kappa shape index (κ2) is 5.89. The Kier molecular flexibility index (Phi) is 3.58. The van der Waals surface area contributed by atoms with Crippen molar-refractivity contribution in [2.75, 3.05) is 12.3 Å². The molecule has 4 heteroatoms. The van der Waals surface area contributed by atoms with Crippen molar-refractivity contribution in [3.8, 4) is 5.75 Å². The molecule has 0 radical (unpaired) electrons. The summed E-state index contributed by atoms with van der Waals surface area (Å²) in [4.78, 5) is 12.2. The average molecular weight is 319 g/mol. The molecule has 1 aromatic heterocycles. The zero-order valence-electron chi connectivity index (χ0n) is 13.1. The van der Waals surface area contributed by atoms with Crippen molar-refractivity contribution in [2.45, 2.75) is 12.8 Å². The van der Waals surface area contributed by atoms with Gasteiger partial charge in [0.25, 0.3) is 0 Å². The summed E-state index contributed by atoms with van der Waals surface area (Å²) in [5, 5.41) is 2.20. The molecule has 0 fully saturated rings. The Morgan fingerprint density at radius 1 is 1.08 bits per heavy atom. The van der Waals surface area contributed by atoms with Crippen molar-refractivity contribution in [2.24, 2.45) is 0 Å². The second-order valence-corrected chi connectivity index (χ2v) is 5.93. The highest BCUT2D eigenvalue weighted by molar-refractivity contribution is 6.05. The molecule has 3 aromatic rings. The molecule has 2 aromatic carbocycles. The molecule has 0 amide bonds. The van der Waals surface area contributed by atoms with Gasteiger partial charge in [-0.25, -0.2) is 4.79 Å². The Labute approximate surface area is 138 Å². The van der Waals surface area contributed by atoms with Gasteiger partial charge in [-0.15, -0.1) is 0 Å². The highest BCUT2D eigenvalue weighted by Gasteiger charge is 2.09. The molecule has 0 saturated heterocycles. The van der Waals surface area contributed by atoms with Crippen molar-refractivity contribution in [3.63, 3.8) is 0 Å². The van der Waals surface area contributed by atoms with Crippen molar-refractivity contribution in [3.05, 3.63) is 70.6 Å². The van der Waals surface area contributed by atoms with E-state index in [1.165, 1.54) is 5.57 Å². The van der Waals surface area contributed by atoms with Crippen LogP contribution < -0.4 is 16.1 Å². The second-order valence-electron chi connectivity index (χ2n) is 5.93. The topological polar surface area (TPSA) is 65.5 Å². The zero-order valence-corrected chi connectivity index (χ0v) is 13.1. The minimum atomic E-state index is -0.387. The highest BCUT2D eigenvalue weighted by atomic mass is 16.5. The molecular formula is C20H17NO3. The summed E-state index contributed by atoms with van der Waals surface area (Å²) in [6.45, 7) is 0.546. The molecule has 24 heavy (non-hydrogen) atoms. The lowest BCUT2D eigenvalue weighted by molar-refractivity contribution is 0.347. The molecule has 0 aliphatic heterocycles.